The van der Waals surface area contributed by atoms with Crippen LogP contribution >= 0.6 is 24.8 Å². The van der Waals surface area contributed by atoms with Crippen LogP contribution in [0.3, 0.4) is 0 Å². The van der Waals surface area contributed by atoms with Gasteiger partial charge >= 0.3 is 0 Å². The molecule has 1 rings (SSSR count). The van der Waals surface area contributed by atoms with Gasteiger partial charge in [-0.25, -0.2) is 0 Å². The lowest BCUT2D eigenvalue weighted by Crippen LogP contribution is -2.38. The summed E-state index contributed by atoms with van der Waals surface area (Å²) in [6, 6.07) is 8.20. The van der Waals surface area contributed by atoms with Gasteiger partial charge in [0.2, 0.25) is 0 Å². The summed E-state index contributed by atoms with van der Waals surface area (Å²) in [4.78, 5) is 14.5. The largest absolute Gasteiger partial charge is 0.372 e. The molecule has 0 heterocycles. The topological polar surface area (TPSA) is 44.4 Å². The number of carbonyl (C=O) groups excluding carboxylic acids is 1. The monoisotopic (exact) mass is 377 g/mol. The minimum Gasteiger partial charge on any atom is -0.372 e. The Labute approximate surface area is 159 Å². The fourth-order valence-corrected chi connectivity index (χ4v) is 2.41. The molecular formula is C18H33Cl2N3O. The second-order valence-electron chi connectivity index (χ2n) is 5.65. The van der Waals surface area contributed by atoms with E-state index < -0.39 is 0 Å². The summed E-state index contributed by atoms with van der Waals surface area (Å²) in [6.45, 7) is 12.1. The summed E-state index contributed by atoms with van der Waals surface area (Å²) in [5.41, 5.74) is 1.91. The van der Waals surface area contributed by atoms with E-state index in [1.807, 2.05) is 24.3 Å². The summed E-state index contributed by atoms with van der Waals surface area (Å²) in [7, 11) is 0. The molecule has 0 spiro atoms. The minimum atomic E-state index is -0.00657. The molecule has 0 aliphatic carbocycles. The maximum Gasteiger partial charge on any atom is 0.251 e. The summed E-state index contributed by atoms with van der Waals surface area (Å²) in [6.07, 6.45) is 2.39. The van der Waals surface area contributed by atoms with Gasteiger partial charge in [-0.1, -0.05) is 20.3 Å². The van der Waals surface area contributed by atoms with E-state index in [1.54, 1.807) is 0 Å². The molecule has 2 N–H and O–H groups in total. The molecule has 1 amide bonds. The quantitative estimate of drug-likeness (QED) is 0.649. The standard InChI is InChI=1S/C18H31N3O.2ClH/c1-5-8-13-21(7-3)17-11-9-16(10-12-17)18(22)20-14-15(4)19-6-2;;/h9-12,15,19H,5-8,13-14H2,1-4H3,(H,20,22);2*1H/t15-;;/m1../s1. The van der Waals surface area contributed by atoms with Crippen molar-refractivity contribution >= 4 is 36.4 Å². The average Bonchev–Trinajstić information content (AvgIpc) is 2.54. The van der Waals surface area contributed by atoms with Crippen molar-refractivity contribution in [1.29, 1.82) is 0 Å². The van der Waals surface area contributed by atoms with Crippen LogP contribution in [-0.4, -0.2) is 38.1 Å². The van der Waals surface area contributed by atoms with Crippen LogP contribution in [0.25, 0.3) is 0 Å². The number of hydrogen-bond donors (Lipinski definition) is 2. The molecule has 140 valence electrons. The van der Waals surface area contributed by atoms with Crippen molar-refractivity contribution in [3.8, 4) is 0 Å². The Bertz CT molecular complexity index is 440. The van der Waals surface area contributed by atoms with Crippen LogP contribution in [0.15, 0.2) is 24.3 Å². The first-order valence-corrected chi connectivity index (χ1v) is 8.48. The summed E-state index contributed by atoms with van der Waals surface area (Å²) in [5.74, 6) is -0.00657. The number of anilines is 1. The molecule has 0 saturated carbocycles. The highest BCUT2D eigenvalue weighted by Crippen LogP contribution is 2.16. The van der Waals surface area contributed by atoms with Gasteiger partial charge in [0.15, 0.2) is 0 Å². The summed E-state index contributed by atoms with van der Waals surface area (Å²) < 4.78 is 0. The van der Waals surface area contributed by atoms with E-state index in [2.05, 4.69) is 43.2 Å². The molecule has 0 aromatic heterocycles. The van der Waals surface area contributed by atoms with Gasteiger partial charge in [0, 0.05) is 36.9 Å². The fourth-order valence-electron chi connectivity index (χ4n) is 2.41. The maximum absolute atomic E-state index is 12.1. The van der Waals surface area contributed by atoms with Crippen molar-refractivity contribution in [1.82, 2.24) is 10.6 Å². The van der Waals surface area contributed by atoms with E-state index in [4.69, 9.17) is 0 Å². The van der Waals surface area contributed by atoms with Gasteiger partial charge in [-0.05, 0) is 51.1 Å². The van der Waals surface area contributed by atoms with Crippen molar-refractivity contribution in [2.24, 2.45) is 0 Å². The van der Waals surface area contributed by atoms with Crippen LogP contribution in [0.5, 0.6) is 0 Å². The van der Waals surface area contributed by atoms with Gasteiger partial charge in [0.1, 0.15) is 0 Å². The van der Waals surface area contributed by atoms with Gasteiger partial charge in [-0.2, -0.15) is 0 Å². The number of hydrogen-bond acceptors (Lipinski definition) is 3. The van der Waals surface area contributed by atoms with E-state index >= 15 is 0 Å². The van der Waals surface area contributed by atoms with Crippen molar-refractivity contribution in [2.45, 2.75) is 46.6 Å². The van der Waals surface area contributed by atoms with Gasteiger partial charge in [-0.3, -0.25) is 4.79 Å². The zero-order valence-corrected chi connectivity index (χ0v) is 16.9. The Morgan fingerprint density at radius 2 is 1.75 bits per heavy atom. The van der Waals surface area contributed by atoms with E-state index in [0.717, 1.165) is 25.2 Å². The molecule has 0 radical (unpaired) electrons. The van der Waals surface area contributed by atoms with Gasteiger partial charge in [0.25, 0.3) is 5.91 Å². The van der Waals surface area contributed by atoms with Crippen LogP contribution in [0, 0.1) is 0 Å². The Kier molecular flexibility index (Phi) is 15.1. The number of rotatable bonds is 10. The van der Waals surface area contributed by atoms with Crippen LogP contribution in [0.2, 0.25) is 0 Å². The fraction of sp³-hybridized carbons (Fsp3) is 0.611. The normalized spacial score (nSPS) is 11.0. The Morgan fingerprint density at radius 3 is 2.25 bits per heavy atom. The number of amides is 1. The third-order valence-electron chi connectivity index (χ3n) is 3.78. The van der Waals surface area contributed by atoms with E-state index in [1.165, 1.54) is 18.5 Å². The highest BCUT2D eigenvalue weighted by atomic mass is 35.5. The molecule has 0 fully saturated rings. The maximum atomic E-state index is 12.1. The molecule has 0 unspecified atom stereocenters. The Balaban J connectivity index is 0. The number of nitrogens with zero attached hydrogens (tertiary/aromatic N) is 1. The molecule has 0 aliphatic heterocycles. The van der Waals surface area contributed by atoms with Gasteiger partial charge < -0.3 is 15.5 Å². The van der Waals surface area contributed by atoms with E-state index in [-0.39, 0.29) is 36.8 Å². The first-order chi connectivity index (χ1) is 10.6. The predicted molar refractivity (Wildman–Crippen MR) is 109 cm³/mol. The third kappa shape index (κ3) is 8.76. The van der Waals surface area contributed by atoms with Crippen LogP contribution in [0.1, 0.15) is 50.9 Å². The van der Waals surface area contributed by atoms with Crippen molar-refractivity contribution in [2.75, 3.05) is 31.1 Å². The van der Waals surface area contributed by atoms with Crippen LogP contribution in [0.4, 0.5) is 5.69 Å². The van der Waals surface area contributed by atoms with Crippen molar-refractivity contribution in [3.05, 3.63) is 29.8 Å². The number of halogens is 2. The molecule has 1 aromatic rings. The molecule has 1 aromatic carbocycles. The second kappa shape index (κ2) is 14.4. The molecule has 0 aliphatic rings. The van der Waals surface area contributed by atoms with Gasteiger partial charge in [-0.15, -0.1) is 24.8 Å². The highest BCUT2D eigenvalue weighted by molar-refractivity contribution is 5.94. The molecule has 24 heavy (non-hydrogen) atoms. The number of carbonyl (C=O) groups is 1. The Morgan fingerprint density at radius 1 is 1.12 bits per heavy atom. The third-order valence-corrected chi connectivity index (χ3v) is 3.78. The first-order valence-electron chi connectivity index (χ1n) is 8.48. The lowest BCUT2D eigenvalue weighted by Gasteiger charge is -2.23. The molecule has 6 heteroatoms. The first kappa shape index (κ1) is 25.3. The average molecular weight is 378 g/mol. The summed E-state index contributed by atoms with van der Waals surface area (Å²) in [5, 5.41) is 6.25. The highest BCUT2D eigenvalue weighted by Gasteiger charge is 2.09. The number of unbranched alkanes of at least 4 members (excludes halogenated alkanes) is 1. The number of benzene rings is 1. The summed E-state index contributed by atoms with van der Waals surface area (Å²) >= 11 is 0. The molecule has 1 atom stereocenters. The lowest BCUT2D eigenvalue weighted by molar-refractivity contribution is 0.0950. The SMILES string of the molecule is CCCCN(CC)c1ccc(C(=O)NC[C@@H](C)NCC)cc1.Cl.Cl. The Hall–Kier alpha value is -0.970. The molecule has 4 nitrogen and oxygen atoms in total. The second-order valence-corrected chi connectivity index (χ2v) is 5.65. The van der Waals surface area contributed by atoms with Crippen LogP contribution in [-0.2, 0) is 0 Å². The molecule has 0 saturated heterocycles. The van der Waals surface area contributed by atoms with Crippen molar-refractivity contribution < 1.29 is 4.79 Å². The lowest BCUT2D eigenvalue weighted by atomic mass is 10.1. The van der Waals surface area contributed by atoms with Crippen molar-refractivity contribution in [3.63, 3.8) is 0 Å². The smallest absolute Gasteiger partial charge is 0.251 e. The number of nitrogens with one attached hydrogen (secondary N) is 2. The van der Waals surface area contributed by atoms with E-state index in [0.29, 0.717) is 6.54 Å². The molecule has 0 bridgehead atoms. The zero-order valence-electron chi connectivity index (χ0n) is 15.3. The predicted octanol–water partition coefficient (Wildman–Crippen LogP) is 3.88. The van der Waals surface area contributed by atoms with Gasteiger partial charge in [0.05, 0.1) is 0 Å². The van der Waals surface area contributed by atoms with E-state index in [9.17, 15) is 4.79 Å². The molecular weight excluding hydrogens is 345 g/mol. The zero-order chi connectivity index (χ0) is 16.4. The van der Waals surface area contributed by atoms with Crippen LogP contribution < -0.4 is 15.5 Å². The number of likely N-dealkylation sites (N-methyl/N-ethyl adjacent to an activating group) is 1. The minimum absolute atomic E-state index is 0.